The molecule has 22 heavy (non-hydrogen) atoms. The molecule has 0 aliphatic carbocycles. The number of rotatable bonds is 4. The fourth-order valence-corrected chi connectivity index (χ4v) is 2.31. The number of nitrogens with one attached hydrogen (secondary N) is 2. The first-order valence-corrected chi connectivity index (χ1v) is 7.59. The van der Waals surface area contributed by atoms with E-state index in [1.165, 1.54) is 0 Å². The van der Waals surface area contributed by atoms with E-state index in [9.17, 15) is 9.59 Å². The largest absolute Gasteiger partial charge is 0.379 e. The Labute approximate surface area is 134 Å². The van der Waals surface area contributed by atoms with Crippen LogP contribution in [0.5, 0.6) is 0 Å². The molecule has 0 radical (unpaired) electrons. The van der Waals surface area contributed by atoms with Crippen LogP contribution in [0.25, 0.3) is 0 Å². The second-order valence-corrected chi connectivity index (χ2v) is 5.56. The summed E-state index contributed by atoms with van der Waals surface area (Å²) >= 11 is 5.88. The maximum Gasteiger partial charge on any atom is 0.313 e. The summed E-state index contributed by atoms with van der Waals surface area (Å²) in [6.45, 7) is 6.10. The van der Waals surface area contributed by atoms with E-state index < -0.39 is 11.8 Å². The van der Waals surface area contributed by atoms with Gasteiger partial charge in [0.25, 0.3) is 0 Å². The van der Waals surface area contributed by atoms with Gasteiger partial charge in [0, 0.05) is 36.9 Å². The predicted molar refractivity (Wildman–Crippen MR) is 85.1 cm³/mol. The number of hydrogen-bond donors (Lipinski definition) is 2. The highest BCUT2D eigenvalue weighted by atomic mass is 35.5. The first kappa shape index (κ1) is 16.7. The van der Waals surface area contributed by atoms with Gasteiger partial charge in [-0.2, -0.15) is 0 Å². The third-order valence-corrected chi connectivity index (χ3v) is 3.71. The summed E-state index contributed by atoms with van der Waals surface area (Å²) in [5.74, 6) is -1.33. The SMILES string of the molecule is Cc1ccc(Cl)cc1NC(=O)C(=O)NCCN1CCOCC1. The van der Waals surface area contributed by atoms with Gasteiger partial charge in [0.1, 0.15) is 0 Å². The molecule has 1 aromatic carbocycles. The van der Waals surface area contributed by atoms with Crippen molar-refractivity contribution in [3.05, 3.63) is 28.8 Å². The molecule has 0 bridgehead atoms. The number of anilines is 1. The first-order valence-electron chi connectivity index (χ1n) is 7.21. The standard InChI is InChI=1S/C15H20ClN3O3/c1-11-2-3-12(16)10-13(11)18-15(21)14(20)17-4-5-19-6-8-22-9-7-19/h2-3,10H,4-9H2,1H3,(H,17,20)(H,18,21). The van der Waals surface area contributed by atoms with Crippen molar-refractivity contribution in [2.45, 2.75) is 6.92 Å². The lowest BCUT2D eigenvalue weighted by molar-refractivity contribution is -0.136. The van der Waals surface area contributed by atoms with E-state index in [-0.39, 0.29) is 0 Å². The van der Waals surface area contributed by atoms with Crippen LogP contribution in [0.2, 0.25) is 5.02 Å². The third-order valence-electron chi connectivity index (χ3n) is 3.47. The van der Waals surface area contributed by atoms with E-state index in [1.54, 1.807) is 18.2 Å². The maximum absolute atomic E-state index is 11.9. The Balaban J connectivity index is 1.76. The summed E-state index contributed by atoms with van der Waals surface area (Å²) in [6, 6.07) is 5.14. The van der Waals surface area contributed by atoms with Gasteiger partial charge in [-0.25, -0.2) is 0 Å². The fraction of sp³-hybridized carbons (Fsp3) is 0.467. The fourth-order valence-electron chi connectivity index (χ4n) is 2.14. The topological polar surface area (TPSA) is 70.7 Å². The number of hydrogen-bond acceptors (Lipinski definition) is 4. The molecule has 7 heteroatoms. The van der Waals surface area contributed by atoms with Gasteiger partial charge in [-0.05, 0) is 24.6 Å². The van der Waals surface area contributed by atoms with Gasteiger partial charge in [-0.1, -0.05) is 17.7 Å². The van der Waals surface area contributed by atoms with Crippen molar-refractivity contribution < 1.29 is 14.3 Å². The summed E-state index contributed by atoms with van der Waals surface area (Å²) in [5.41, 5.74) is 1.39. The molecular formula is C15H20ClN3O3. The van der Waals surface area contributed by atoms with Crippen LogP contribution >= 0.6 is 11.6 Å². The lowest BCUT2D eigenvalue weighted by Crippen LogP contribution is -2.43. The first-order chi connectivity index (χ1) is 10.6. The molecule has 1 aliphatic rings. The van der Waals surface area contributed by atoms with Crippen molar-refractivity contribution in [1.29, 1.82) is 0 Å². The van der Waals surface area contributed by atoms with Gasteiger partial charge in [0.15, 0.2) is 0 Å². The smallest absolute Gasteiger partial charge is 0.313 e. The molecule has 1 heterocycles. The van der Waals surface area contributed by atoms with Crippen LogP contribution in [0, 0.1) is 6.92 Å². The van der Waals surface area contributed by atoms with Crippen LogP contribution in [0.1, 0.15) is 5.56 Å². The highest BCUT2D eigenvalue weighted by molar-refractivity contribution is 6.40. The molecule has 1 aromatic rings. The van der Waals surface area contributed by atoms with E-state index in [1.807, 2.05) is 6.92 Å². The third kappa shape index (κ3) is 4.98. The van der Waals surface area contributed by atoms with E-state index in [0.717, 1.165) is 18.7 Å². The molecule has 0 unspecified atom stereocenters. The molecule has 6 nitrogen and oxygen atoms in total. The summed E-state index contributed by atoms with van der Waals surface area (Å²) in [5, 5.41) is 5.70. The molecule has 120 valence electrons. The lowest BCUT2D eigenvalue weighted by atomic mass is 10.2. The molecule has 1 fully saturated rings. The molecule has 2 amide bonds. The van der Waals surface area contributed by atoms with E-state index in [2.05, 4.69) is 15.5 Å². The molecule has 0 spiro atoms. The van der Waals surface area contributed by atoms with E-state index >= 15 is 0 Å². The van der Waals surface area contributed by atoms with E-state index in [0.29, 0.717) is 37.0 Å². The molecule has 1 saturated heterocycles. The van der Waals surface area contributed by atoms with Crippen molar-refractivity contribution in [3.63, 3.8) is 0 Å². The monoisotopic (exact) mass is 325 g/mol. The zero-order chi connectivity index (χ0) is 15.9. The Kier molecular flexibility index (Phi) is 6.18. The minimum Gasteiger partial charge on any atom is -0.379 e. The average molecular weight is 326 g/mol. The molecule has 2 N–H and O–H groups in total. The predicted octanol–water partition coefficient (Wildman–Crippen LogP) is 1.04. The van der Waals surface area contributed by atoms with Gasteiger partial charge >= 0.3 is 11.8 Å². The van der Waals surface area contributed by atoms with Gasteiger partial charge in [-0.3, -0.25) is 14.5 Å². The molecule has 0 saturated carbocycles. The second kappa shape index (κ2) is 8.12. The van der Waals surface area contributed by atoms with E-state index in [4.69, 9.17) is 16.3 Å². The van der Waals surface area contributed by atoms with Gasteiger partial charge in [-0.15, -0.1) is 0 Å². The Hall–Kier alpha value is -1.63. The number of morpholine rings is 1. The normalized spacial score (nSPS) is 15.4. The zero-order valence-corrected chi connectivity index (χ0v) is 13.3. The van der Waals surface area contributed by atoms with Crippen molar-refractivity contribution in [2.24, 2.45) is 0 Å². The number of amides is 2. The molecule has 0 aromatic heterocycles. The van der Waals surface area contributed by atoms with Crippen LogP contribution in [0.4, 0.5) is 5.69 Å². The number of carbonyl (C=O) groups excluding carboxylic acids is 2. The van der Waals surface area contributed by atoms with Gasteiger partial charge < -0.3 is 15.4 Å². The number of benzene rings is 1. The second-order valence-electron chi connectivity index (χ2n) is 5.12. The number of ether oxygens (including phenoxy) is 1. The Morgan fingerprint density at radius 1 is 1.27 bits per heavy atom. The lowest BCUT2D eigenvalue weighted by Gasteiger charge is -2.26. The van der Waals surface area contributed by atoms with Crippen LogP contribution in [-0.4, -0.2) is 56.1 Å². The summed E-state index contributed by atoms with van der Waals surface area (Å²) in [7, 11) is 0. The van der Waals surface area contributed by atoms with Crippen molar-refractivity contribution >= 4 is 29.1 Å². The number of nitrogens with zero attached hydrogens (tertiary/aromatic N) is 1. The minimum atomic E-state index is -0.688. The van der Waals surface area contributed by atoms with Crippen molar-refractivity contribution in [2.75, 3.05) is 44.7 Å². The molecule has 1 aliphatic heterocycles. The molecule has 0 atom stereocenters. The van der Waals surface area contributed by atoms with Crippen LogP contribution < -0.4 is 10.6 Å². The highest BCUT2D eigenvalue weighted by Crippen LogP contribution is 2.19. The Morgan fingerprint density at radius 2 is 2.00 bits per heavy atom. The quantitative estimate of drug-likeness (QED) is 0.811. The number of aryl methyl sites for hydroxylation is 1. The minimum absolute atomic E-state index is 0.431. The van der Waals surface area contributed by atoms with Crippen molar-refractivity contribution in [1.82, 2.24) is 10.2 Å². The summed E-state index contributed by atoms with van der Waals surface area (Å²) in [4.78, 5) is 25.8. The summed E-state index contributed by atoms with van der Waals surface area (Å²) < 4.78 is 5.25. The highest BCUT2D eigenvalue weighted by Gasteiger charge is 2.15. The molecular weight excluding hydrogens is 306 g/mol. The van der Waals surface area contributed by atoms with Crippen molar-refractivity contribution in [3.8, 4) is 0 Å². The molecule has 2 rings (SSSR count). The van der Waals surface area contributed by atoms with Crippen LogP contribution in [0.3, 0.4) is 0 Å². The Bertz CT molecular complexity index is 545. The number of halogens is 1. The average Bonchev–Trinajstić information content (AvgIpc) is 2.52. The maximum atomic E-state index is 11.9. The summed E-state index contributed by atoms with van der Waals surface area (Å²) in [6.07, 6.45) is 0. The number of carbonyl (C=O) groups is 2. The van der Waals surface area contributed by atoms with Crippen LogP contribution in [0.15, 0.2) is 18.2 Å². The van der Waals surface area contributed by atoms with Crippen LogP contribution in [-0.2, 0) is 14.3 Å². The van der Waals surface area contributed by atoms with Gasteiger partial charge in [0.2, 0.25) is 0 Å². The zero-order valence-electron chi connectivity index (χ0n) is 12.5. The van der Waals surface area contributed by atoms with Gasteiger partial charge in [0.05, 0.1) is 13.2 Å². The Morgan fingerprint density at radius 3 is 2.73 bits per heavy atom.